The van der Waals surface area contributed by atoms with Crippen LogP contribution in [0.25, 0.3) is 0 Å². The maximum atomic E-state index is 12.8. The minimum Gasteiger partial charge on any atom is -0.497 e. The lowest BCUT2D eigenvalue weighted by molar-refractivity contribution is 0.0600. The van der Waals surface area contributed by atoms with Crippen LogP contribution in [0.5, 0.6) is 5.75 Å². The lowest BCUT2D eigenvalue weighted by Crippen LogP contribution is -2.49. The van der Waals surface area contributed by atoms with Crippen LogP contribution in [0.15, 0.2) is 72.8 Å². The van der Waals surface area contributed by atoms with Gasteiger partial charge in [0.25, 0.3) is 11.8 Å². The van der Waals surface area contributed by atoms with Crippen LogP contribution in [0.2, 0.25) is 0 Å². The van der Waals surface area contributed by atoms with Gasteiger partial charge in [0.15, 0.2) is 5.11 Å². The molecule has 10 heteroatoms. The third-order valence-electron chi connectivity index (χ3n) is 6.15. The molecule has 1 aliphatic rings. The maximum Gasteiger partial charge on any atom is 0.337 e. The highest BCUT2D eigenvalue weighted by Crippen LogP contribution is 2.29. The summed E-state index contributed by atoms with van der Waals surface area (Å²) in [4.78, 5) is 41.7. The summed E-state index contributed by atoms with van der Waals surface area (Å²) >= 11 is 5.42. The standard InChI is InChI=1S/C28H28N4O5S/c1-36-22-10-6-9-20(17-22)25(33)30-28(38)29-23-18-21(27(35)37-2)11-12-24(23)31-13-15-32(16-14-31)26(34)19-7-4-3-5-8-19/h3-12,17-18H,13-16H2,1-2H3,(H2,29,30,33,38). The van der Waals surface area contributed by atoms with Crippen LogP contribution in [-0.4, -0.2) is 68.2 Å². The van der Waals surface area contributed by atoms with Gasteiger partial charge in [-0.2, -0.15) is 0 Å². The van der Waals surface area contributed by atoms with Crippen molar-refractivity contribution in [1.82, 2.24) is 10.2 Å². The number of ether oxygens (including phenoxy) is 2. The number of hydrogen-bond acceptors (Lipinski definition) is 7. The van der Waals surface area contributed by atoms with Gasteiger partial charge in [-0.1, -0.05) is 24.3 Å². The first-order valence-electron chi connectivity index (χ1n) is 12.0. The van der Waals surface area contributed by atoms with Crippen molar-refractivity contribution in [3.05, 3.63) is 89.5 Å². The Balaban J connectivity index is 1.49. The normalized spacial score (nSPS) is 12.9. The fourth-order valence-electron chi connectivity index (χ4n) is 4.16. The van der Waals surface area contributed by atoms with Crippen LogP contribution in [-0.2, 0) is 4.74 Å². The third-order valence-corrected chi connectivity index (χ3v) is 6.36. The van der Waals surface area contributed by atoms with Gasteiger partial charge in [0.05, 0.1) is 31.2 Å². The molecular formula is C28H28N4O5S. The van der Waals surface area contributed by atoms with Gasteiger partial charge in [-0.05, 0) is 60.7 Å². The number of carbonyl (C=O) groups excluding carboxylic acids is 3. The molecule has 9 nitrogen and oxygen atoms in total. The van der Waals surface area contributed by atoms with E-state index in [-0.39, 0.29) is 11.0 Å². The lowest BCUT2D eigenvalue weighted by atomic mass is 10.1. The minimum absolute atomic E-state index is 0.00827. The molecule has 196 valence electrons. The van der Waals surface area contributed by atoms with Gasteiger partial charge >= 0.3 is 5.97 Å². The molecule has 1 saturated heterocycles. The first kappa shape index (κ1) is 26.6. The second kappa shape index (κ2) is 12.2. The zero-order valence-corrected chi connectivity index (χ0v) is 21.9. The largest absolute Gasteiger partial charge is 0.497 e. The van der Waals surface area contributed by atoms with Crippen molar-refractivity contribution >= 4 is 46.5 Å². The van der Waals surface area contributed by atoms with E-state index in [2.05, 4.69) is 15.5 Å². The summed E-state index contributed by atoms with van der Waals surface area (Å²) in [6.07, 6.45) is 0. The Labute approximate surface area is 226 Å². The zero-order chi connectivity index (χ0) is 27.1. The highest BCUT2D eigenvalue weighted by Gasteiger charge is 2.24. The number of carbonyl (C=O) groups is 3. The van der Waals surface area contributed by atoms with E-state index in [0.29, 0.717) is 54.3 Å². The van der Waals surface area contributed by atoms with Crippen LogP contribution >= 0.6 is 12.2 Å². The Hall–Kier alpha value is -4.44. The third kappa shape index (κ3) is 6.27. The summed E-state index contributed by atoms with van der Waals surface area (Å²) in [5.41, 5.74) is 2.69. The molecule has 1 aliphatic heterocycles. The SMILES string of the molecule is COC(=O)c1ccc(N2CCN(C(=O)c3ccccc3)CC2)c(NC(=S)NC(=O)c2cccc(OC)c2)c1. The van der Waals surface area contributed by atoms with Gasteiger partial charge in [0, 0.05) is 37.3 Å². The van der Waals surface area contributed by atoms with Crippen molar-refractivity contribution in [1.29, 1.82) is 0 Å². The molecule has 0 radical (unpaired) electrons. The average Bonchev–Trinajstić information content (AvgIpc) is 2.96. The van der Waals surface area contributed by atoms with Gasteiger partial charge < -0.3 is 24.6 Å². The van der Waals surface area contributed by atoms with Crippen molar-refractivity contribution in [2.24, 2.45) is 0 Å². The predicted octanol–water partition coefficient (Wildman–Crippen LogP) is 3.57. The van der Waals surface area contributed by atoms with Crippen molar-refractivity contribution in [2.75, 3.05) is 50.6 Å². The fraction of sp³-hybridized carbons (Fsp3) is 0.214. The number of hydrogen-bond donors (Lipinski definition) is 2. The van der Waals surface area contributed by atoms with E-state index in [4.69, 9.17) is 21.7 Å². The predicted molar refractivity (Wildman–Crippen MR) is 149 cm³/mol. The summed E-state index contributed by atoms with van der Waals surface area (Å²) in [5.74, 6) is -0.357. The van der Waals surface area contributed by atoms with Gasteiger partial charge in [0.1, 0.15) is 5.75 Å². The highest BCUT2D eigenvalue weighted by molar-refractivity contribution is 7.80. The van der Waals surface area contributed by atoms with E-state index in [1.54, 1.807) is 42.5 Å². The van der Waals surface area contributed by atoms with Crippen molar-refractivity contribution in [2.45, 2.75) is 0 Å². The number of amides is 2. The molecule has 0 saturated carbocycles. The average molecular weight is 533 g/mol. The summed E-state index contributed by atoms with van der Waals surface area (Å²) < 4.78 is 10.0. The second-order valence-electron chi connectivity index (χ2n) is 8.51. The van der Waals surface area contributed by atoms with E-state index in [1.807, 2.05) is 35.2 Å². The van der Waals surface area contributed by atoms with Crippen molar-refractivity contribution in [3.63, 3.8) is 0 Å². The Kier molecular flexibility index (Phi) is 8.55. The van der Waals surface area contributed by atoms with Crippen LogP contribution in [0.1, 0.15) is 31.1 Å². The number of anilines is 2. The highest BCUT2D eigenvalue weighted by atomic mass is 32.1. The number of benzene rings is 3. The second-order valence-corrected chi connectivity index (χ2v) is 8.92. The molecule has 0 aromatic heterocycles. The van der Waals surface area contributed by atoms with Gasteiger partial charge in [0.2, 0.25) is 0 Å². The molecule has 0 spiro atoms. The summed E-state index contributed by atoms with van der Waals surface area (Å²) in [7, 11) is 2.84. The van der Waals surface area contributed by atoms with Crippen LogP contribution in [0, 0.1) is 0 Å². The molecule has 0 atom stereocenters. The number of rotatable bonds is 6. The Morgan fingerprint density at radius 1 is 0.816 bits per heavy atom. The summed E-state index contributed by atoms with van der Waals surface area (Å²) in [6, 6.07) is 21.0. The van der Waals surface area contributed by atoms with Gasteiger partial charge in [-0.25, -0.2) is 4.79 Å². The van der Waals surface area contributed by atoms with Crippen molar-refractivity contribution < 1.29 is 23.9 Å². The molecule has 2 N–H and O–H groups in total. The molecule has 38 heavy (non-hydrogen) atoms. The Bertz CT molecular complexity index is 1340. The topological polar surface area (TPSA) is 100 Å². The number of thiocarbonyl (C=S) groups is 1. The van der Waals surface area contributed by atoms with Crippen molar-refractivity contribution in [3.8, 4) is 5.75 Å². The van der Waals surface area contributed by atoms with Gasteiger partial charge in [-0.3, -0.25) is 14.9 Å². The quantitative estimate of drug-likeness (QED) is 0.367. The number of esters is 1. The van der Waals surface area contributed by atoms with E-state index < -0.39 is 11.9 Å². The molecule has 2 amide bonds. The first-order valence-corrected chi connectivity index (χ1v) is 12.4. The van der Waals surface area contributed by atoms with Gasteiger partial charge in [-0.15, -0.1) is 0 Å². The molecule has 4 rings (SSSR count). The smallest absolute Gasteiger partial charge is 0.337 e. The first-order chi connectivity index (χ1) is 18.4. The molecule has 1 heterocycles. The number of nitrogens with zero attached hydrogens (tertiary/aromatic N) is 2. The Morgan fingerprint density at radius 3 is 2.21 bits per heavy atom. The maximum absolute atomic E-state index is 12.8. The molecule has 0 aliphatic carbocycles. The van der Waals surface area contributed by atoms with Crippen LogP contribution in [0.4, 0.5) is 11.4 Å². The monoisotopic (exact) mass is 532 g/mol. The molecule has 3 aromatic rings. The van der Waals surface area contributed by atoms with E-state index >= 15 is 0 Å². The molecule has 3 aromatic carbocycles. The van der Waals surface area contributed by atoms with E-state index in [0.717, 1.165) is 5.69 Å². The van der Waals surface area contributed by atoms with E-state index in [1.165, 1.54) is 14.2 Å². The Morgan fingerprint density at radius 2 is 1.53 bits per heavy atom. The molecule has 0 unspecified atom stereocenters. The summed E-state index contributed by atoms with van der Waals surface area (Å²) in [5, 5.41) is 5.79. The fourth-order valence-corrected chi connectivity index (χ4v) is 4.37. The molecular weight excluding hydrogens is 504 g/mol. The number of piperazine rings is 1. The number of methoxy groups -OCH3 is 2. The van der Waals surface area contributed by atoms with Crippen LogP contribution in [0.3, 0.4) is 0 Å². The van der Waals surface area contributed by atoms with Crippen LogP contribution < -0.4 is 20.3 Å². The minimum atomic E-state index is -0.496. The van der Waals surface area contributed by atoms with E-state index in [9.17, 15) is 14.4 Å². The summed E-state index contributed by atoms with van der Waals surface area (Å²) in [6.45, 7) is 2.22. The molecule has 1 fully saturated rings. The lowest BCUT2D eigenvalue weighted by Gasteiger charge is -2.37. The molecule has 0 bridgehead atoms. The zero-order valence-electron chi connectivity index (χ0n) is 21.1. The number of nitrogens with one attached hydrogen (secondary N) is 2.